The molecule has 6 nitrogen and oxygen atoms in total. The summed E-state index contributed by atoms with van der Waals surface area (Å²) in [5.41, 5.74) is 2.21. The Hall–Kier alpha value is -2.76. The zero-order valence-electron chi connectivity index (χ0n) is 10.0. The molecule has 2 aromatic heterocycles. The van der Waals surface area contributed by atoms with Crippen molar-refractivity contribution in [2.75, 3.05) is 0 Å². The van der Waals surface area contributed by atoms with Crippen LogP contribution in [0.4, 0.5) is 0 Å². The molecule has 0 radical (unpaired) electrons. The number of rotatable bonds is 3. The molecule has 19 heavy (non-hydrogen) atoms. The van der Waals surface area contributed by atoms with Crippen molar-refractivity contribution in [1.29, 1.82) is 0 Å². The second-order valence-electron chi connectivity index (χ2n) is 3.98. The van der Waals surface area contributed by atoms with Gasteiger partial charge >= 0.3 is 0 Å². The number of carbonyl (C=O) groups excluding carboxylic acids is 1. The van der Waals surface area contributed by atoms with Gasteiger partial charge in [-0.15, -0.1) is 5.10 Å². The molecule has 0 fully saturated rings. The molecular formula is C13H11N5O. The van der Waals surface area contributed by atoms with Crippen molar-refractivity contribution in [3.8, 4) is 0 Å². The van der Waals surface area contributed by atoms with Crippen LogP contribution in [-0.2, 0) is 6.67 Å². The lowest BCUT2D eigenvalue weighted by atomic mass is 10.3. The van der Waals surface area contributed by atoms with E-state index in [1.165, 1.54) is 6.20 Å². The van der Waals surface area contributed by atoms with Crippen LogP contribution in [0.5, 0.6) is 0 Å². The lowest BCUT2D eigenvalue weighted by Crippen LogP contribution is -2.26. The van der Waals surface area contributed by atoms with Crippen molar-refractivity contribution in [3.05, 3.63) is 54.4 Å². The number of amides is 1. The molecule has 3 rings (SSSR count). The maximum Gasteiger partial charge on any atom is 0.254 e. The highest BCUT2D eigenvalue weighted by molar-refractivity contribution is 5.93. The monoisotopic (exact) mass is 253 g/mol. The second-order valence-corrected chi connectivity index (χ2v) is 3.98. The van der Waals surface area contributed by atoms with Crippen LogP contribution in [0.25, 0.3) is 11.0 Å². The minimum atomic E-state index is -0.187. The zero-order chi connectivity index (χ0) is 13.1. The molecule has 0 unspecified atom stereocenters. The van der Waals surface area contributed by atoms with E-state index in [2.05, 4.69) is 20.6 Å². The summed E-state index contributed by atoms with van der Waals surface area (Å²) in [5, 5.41) is 10.8. The molecule has 0 aliphatic rings. The summed E-state index contributed by atoms with van der Waals surface area (Å²) >= 11 is 0. The van der Waals surface area contributed by atoms with Gasteiger partial charge in [0.15, 0.2) is 0 Å². The average molecular weight is 253 g/mol. The van der Waals surface area contributed by atoms with E-state index in [0.717, 1.165) is 11.0 Å². The fourth-order valence-electron chi connectivity index (χ4n) is 1.78. The Bertz CT molecular complexity index is 707. The van der Waals surface area contributed by atoms with Crippen molar-refractivity contribution in [2.24, 2.45) is 0 Å². The molecule has 0 saturated carbocycles. The average Bonchev–Trinajstić information content (AvgIpc) is 2.89. The van der Waals surface area contributed by atoms with Crippen LogP contribution >= 0.6 is 0 Å². The summed E-state index contributed by atoms with van der Waals surface area (Å²) in [5.74, 6) is -0.187. The molecule has 0 aliphatic heterocycles. The van der Waals surface area contributed by atoms with Gasteiger partial charge in [-0.05, 0) is 24.3 Å². The Morgan fingerprint density at radius 3 is 2.95 bits per heavy atom. The predicted octanol–water partition coefficient (Wildman–Crippen LogP) is 1.21. The van der Waals surface area contributed by atoms with E-state index in [1.54, 1.807) is 23.0 Å². The molecular weight excluding hydrogens is 242 g/mol. The topological polar surface area (TPSA) is 72.7 Å². The third-order valence-electron chi connectivity index (χ3n) is 2.73. The Labute approximate surface area is 109 Å². The standard InChI is InChI=1S/C13H11N5O/c19-13(10-4-3-7-14-8-10)15-9-18-12-6-2-1-5-11(12)16-17-18/h1-8H,9H2,(H,15,19). The fraction of sp³-hybridized carbons (Fsp3) is 0.0769. The Morgan fingerprint density at radius 1 is 1.21 bits per heavy atom. The highest BCUT2D eigenvalue weighted by Gasteiger charge is 2.07. The summed E-state index contributed by atoms with van der Waals surface area (Å²) in [6.45, 7) is 0.272. The summed E-state index contributed by atoms with van der Waals surface area (Å²) < 4.78 is 1.64. The first-order valence-corrected chi connectivity index (χ1v) is 5.81. The van der Waals surface area contributed by atoms with Crippen LogP contribution in [0.3, 0.4) is 0 Å². The van der Waals surface area contributed by atoms with Crippen molar-refractivity contribution < 1.29 is 4.79 Å². The van der Waals surface area contributed by atoms with Gasteiger partial charge in [-0.2, -0.15) is 0 Å². The van der Waals surface area contributed by atoms with Crippen molar-refractivity contribution in [3.63, 3.8) is 0 Å². The SMILES string of the molecule is O=C(NCn1nnc2ccccc21)c1cccnc1. The molecule has 0 bridgehead atoms. The van der Waals surface area contributed by atoms with Gasteiger partial charge in [-0.1, -0.05) is 17.3 Å². The molecule has 3 aromatic rings. The fourth-order valence-corrected chi connectivity index (χ4v) is 1.78. The number of fused-ring (bicyclic) bond motifs is 1. The van der Waals surface area contributed by atoms with Gasteiger partial charge in [0.05, 0.1) is 11.1 Å². The molecule has 2 heterocycles. The van der Waals surface area contributed by atoms with Crippen LogP contribution < -0.4 is 5.32 Å². The lowest BCUT2D eigenvalue weighted by molar-refractivity contribution is 0.0940. The van der Waals surface area contributed by atoms with E-state index in [-0.39, 0.29) is 12.6 Å². The lowest BCUT2D eigenvalue weighted by Gasteiger charge is -2.05. The van der Waals surface area contributed by atoms with Crippen LogP contribution in [0.2, 0.25) is 0 Å². The Morgan fingerprint density at radius 2 is 2.11 bits per heavy atom. The van der Waals surface area contributed by atoms with Gasteiger partial charge in [-0.25, -0.2) is 4.68 Å². The molecule has 1 amide bonds. The summed E-state index contributed by atoms with van der Waals surface area (Å²) in [7, 11) is 0. The smallest absolute Gasteiger partial charge is 0.254 e. The molecule has 1 N–H and O–H groups in total. The summed E-state index contributed by atoms with van der Waals surface area (Å²) in [6, 6.07) is 11.0. The molecule has 0 saturated heterocycles. The van der Waals surface area contributed by atoms with E-state index in [1.807, 2.05) is 24.3 Å². The highest BCUT2D eigenvalue weighted by atomic mass is 16.1. The number of benzene rings is 1. The van der Waals surface area contributed by atoms with Gasteiger partial charge in [0.1, 0.15) is 12.2 Å². The minimum Gasteiger partial charge on any atom is -0.333 e. The largest absolute Gasteiger partial charge is 0.333 e. The van der Waals surface area contributed by atoms with E-state index in [4.69, 9.17) is 0 Å². The summed E-state index contributed by atoms with van der Waals surface area (Å²) in [6.07, 6.45) is 3.15. The molecule has 94 valence electrons. The van der Waals surface area contributed by atoms with Crippen molar-refractivity contribution >= 4 is 16.9 Å². The molecule has 0 spiro atoms. The number of pyridine rings is 1. The summed E-state index contributed by atoms with van der Waals surface area (Å²) in [4.78, 5) is 15.8. The van der Waals surface area contributed by atoms with Crippen LogP contribution in [0.15, 0.2) is 48.8 Å². The predicted molar refractivity (Wildman–Crippen MR) is 69.2 cm³/mol. The number of hydrogen-bond acceptors (Lipinski definition) is 4. The number of nitrogens with zero attached hydrogens (tertiary/aromatic N) is 4. The first-order valence-electron chi connectivity index (χ1n) is 5.81. The van der Waals surface area contributed by atoms with Gasteiger partial charge in [-0.3, -0.25) is 9.78 Å². The number of hydrogen-bond donors (Lipinski definition) is 1. The molecule has 0 atom stereocenters. The number of nitrogens with one attached hydrogen (secondary N) is 1. The van der Waals surface area contributed by atoms with E-state index >= 15 is 0 Å². The van der Waals surface area contributed by atoms with Gasteiger partial charge in [0.25, 0.3) is 5.91 Å². The van der Waals surface area contributed by atoms with Gasteiger partial charge in [0, 0.05) is 12.4 Å². The third kappa shape index (κ3) is 2.28. The van der Waals surface area contributed by atoms with Gasteiger partial charge in [0.2, 0.25) is 0 Å². The zero-order valence-corrected chi connectivity index (χ0v) is 10.0. The first-order chi connectivity index (χ1) is 9.34. The Balaban J connectivity index is 1.75. The van der Waals surface area contributed by atoms with E-state index in [9.17, 15) is 4.79 Å². The number of para-hydroxylation sites is 1. The van der Waals surface area contributed by atoms with Crippen molar-refractivity contribution in [2.45, 2.75) is 6.67 Å². The maximum absolute atomic E-state index is 11.9. The third-order valence-corrected chi connectivity index (χ3v) is 2.73. The highest BCUT2D eigenvalue weighted by Crippen LogP contribution is 2.08. The van der Waals surface area contributed by atoms with Crippen molar-refractivity contribution in [1.82, 2.24) is 25.3 Å². The first kappa shape index (κ1) is 11.3. The van der Waals surface area contributed by atoms with E-state index < -0.39 is 0 Å². The molecule has 0 aliphatic carbocycles. The maximum atomic E-state index is 11.9. The van der Waals surface area contributed by atoms with Crippen LogP contribution in [0, 0.1) is 0 Å². The number of carbonyl (C=O) groups is 1. The minimum absolute atomic E-state index is 0.187. The molecule has 1 aromatic carbocycles. The number of aromatic nitrogens is 4. The molecule has 6 heteroatoms. The Kier molecular flexibility index (Phi) is 2.89. The quantitative estimate of drug-likeness (QED) is 0.761. The van der Waals surface area contributed by atoms with Crippen LogP contribution in [0.1, 0.15) is 10.4 Å². The second kappa shape index (κ2) is 4.85. The van der Waals surface area contributed by atoms with Gasteiger partial charge < -0.3 is 5.32 Å². The van der Waals surface area contributed by atoms with Crippen LogP contribution in [-0.4, -0.2) is 25.9 Å². The normalized spacial score (nSPS) is 10.5. The van der Waals surface area contributed by atoms with E-state index in [0.29, 0.717) is 5.56 Å².